The Hall–Kier alpha value is -2.68. The lowest BCUT2D eigenvalue weighted by molar-refractivity contribution is 0.0637. The molecule has 144 valence electrons. The van der Waals surface area contributed by atoms with Crippen molar-refractivity contribution in [1.29, 1.82) is 0 Å². The molecule has 1 aromatic heterocycles. The summed E-state index contributed by atoms with van der Waals surface area (Å²) < 4.78 is 0. The van der Waals surface area contributed by atoms with E-state index in [1.165, 1.54) is 17.5 Å². The molecule has 1 unspecified atom stereocenters. The number of pyridine rings is 1. The van der Waals surface area contributed by atoms with Crippen LogP contribution in [0.2, 0.25) is 0 Å². The smallest absolute Gasteiger partial charge is 0.254 e. The second-order valence-electron chi connectivity index (χ2n) is 8.22. The molecule has 1 saturated heterocycles. The summed E-state index contributed by atoms with van der Waals surface area (Å²) in [6.45, 7) is 9.30. The fraction of sp³-hybridized carbons (Fsp3) is 0.360. The lowest BCUT2D eigenvalue weighted by Gasteiger charge is -2.33. The van der Waals surface area contributed by atoms with Gasteiger partial charge in [-0.1, -0.05) is 23.8 Å². The molecule has 1 amide bonds. The molecule has 3 nitrogen and oxygen atoms in total. The van der Waals surface area contributed by atoms with Crippen molar-refractivity contribution >= 4 is 16.8 Å². The highest BCUT2D eigenvalue weighted by molar-refractivity contribution is 6.07. The second-order valence-corrected chi connectivity index (χ2v) is 8.22. The average molecular weight is 373 g/mol. The van der Waals surface area contributed by atoms with E-state index >= 15 is 0 Å². The van der Waals surface area contributed by atoms with E-state index in [4.69, 9.17) is 4.98 Å². The number of nitrogens with zero attached hydrogens (tertiary/aromatic N) is 2. The molecule has 1 atom stereocenters. The number of aromatic nitrogens is 1. The predicted octanol–water partition coefficient (Wildman–Crippen LogP) is 5.84. The van der Waals surface area contributed by atoms with Gasteiger partial charge < -0.3 is 4.90 Å². The average Bonchev–Trinajstić information content (AvgIpc) is 2.69. The highest BCUT2D eigenvalue weighted by Crippen LogP contribution is 2.29. The molecule has 0 saturated carbocycles. The molecule has 4 rings (SSSR count). The van der Waals surface area contributed by atoms with E-state index in [1.807, 2.05) is 17.0 Å². The Morgan fingerprint density at radius 3 is 2.57 bits per heavy atom. The zero-order valence-corrected chi connectivity index (χ0v) is 17.2. The molecule has 0 bridgehead atoms. The number of carbonyl (C=O) groups is 1. The number of likely N-dealkylation sites (tertiary alicyclic amines) is 1. The van der Waals surface area contributed by atoms with Gasteiger partial charge in [0.05, 0.1) is 16.8 Å². The minimum Gasteiger partial charge on any atom is -0.336 e. The van der Waals surface area contributed by atoms with Gasteiger partial charge in [0.25, 0.3) is 5.91 Å². The summed E-state index contributed by atoms with van der Waals surface area (Å²) >= 11 is 0. The summed E-state index contributed by atoms with van der Waals surface area (Å²) in [6.07, 6.45) is 3.37. The fourth-order valence-electron chi connectivity index (χ4n) is 4.12. The topological polar surface area (TPSA) is 33.2 Å². The molecular weight excluding hydrogens is 344 g/mol. The van der Waals surface area contributed by atoms with Crippen LogP contribution in [-0.4, -0.2) is 28.4 Å². The van der Waals surface area contributed by atoms with E-state index in [0.29, 0.717) is 6.04 Å². The van der Waals surface area contributed by atoms with Crippen molar-refractivity contribution in [2.24, 2.45) is 0 Å². The number of hydrogen-bond acceptors (Lipinski definition) is 2. The third kappa shape index (κ3) is 3.42. The highest BCUT2D eigenvalue weighted by atomic mass is 16.2. The van der Waals surface area contributed by atoms with Crippen LogP contribution >= 0.6 is 0 Å². The first-order valence-corrected chi connectivity index (χ1v) is 10.2. The maximum atomic E-state index is 13.5. The van der Waals surface area contributed by atoms with Crippen molar-refractivity contribution < 1.29 is 4.79 Å². The Labute approximate surface area is 167 Å². The molecule has 28 heavy (non-hydrogen) atoms. The number of benzene rings is 2. The number of carbonyl (C=O) groups excluding carboxylic acids is 1. The van der Waals surface area contributed by atoms with E-state index in [2.05, 4.69) is 58.0 Å². The van der Waals surface area contributed by atoms with Crippen molar-refractivity contribution in [3.05, 3.63) is 64.7 Å². The first kappa shape index (κ1) is 18.7. The van der Waals surface area contributed by atoms with Gasteiger partial charge in [-0.05, 0) is 82.3 Å². The Bertz CT molecular complexity index is 1050. The van der Waals surface area contributed by atoms with Crippen molar-refractivity contribution in [2.45, 2.75) is 53.0 Å². The number of piperidine rings is 1. The van der Waals surface area contributed by atoms with Gasteiger partial charge in [0.15, 0.2) is 0 Å². The molecule has 0 aliphatic carbocycles. The molecule has 1 aliphatic heterocycles. The van der Waals surface area contributed by atoms with E-state index < -0.39 is 0 Å². The number of rotatable bonds is 2. The van der Waals surface area contributed by atoms with Gasteiger partial charge in [-0.3, -0.25) is 4.79 Å². The highest BCUT2D eigenvalue weighted by Gasteiger charge is 2.26. The molecular formula is C25H28N2O. The van der Waals surface area contributed by atoms with Gasteiger partial charge >= 0.3 is 0 Å². The minimum absolute atomic E-state index is 0.135. The van der Waals surface area contributed by atoms with Crippen molar-refractivity contribution in [3.63, 3.8) is 0 Å². The zero-order valence-electron chi connectivity index (χ0n) is 17.2. The predicted molar refractivity (Wildman–Crippen MR) is 116 cm³/mol. The van der Waals surface area contributed by atoms with Crippen LogP contribution < -0.4 is 0 Å². The standard InChI is InChI=1S/C25H28N2O/c1-16-8-11-23-21(13-16)22(25(28)27-12-6-5-7-19(27)4)15-24(26-23)20-10-9-17(2)18(3)14-20/h8-11,13-15,19H,5-7,12H2,1-4H3. The van der Waals surface area contributed by atoms with Crippen LogP contribution in [-0.2, 0) is 0 Å². The van der Waals surface area contributed by atoms with Crippen LogP contribution in [0.3, 0.4) is 0 Å². The number of amides is 1. The van der Waals surface area contributed by atoms with Crippen LogP contribution in [0, 0.1) is 20.8 Å². The second kappa shape index (κ2) is 7.38. The molecule has 0 N–H and O–H groups in total. The maximum absolute atomic E-state index is 13.5. The van der Waals surface area contributed by atoms with Gasteiger partial charge in [0.2, 0.25) is 0 Å². The van der Waals surface area contributed by atoms with Crippen LogP contribution in [0.15, 0.2) is 42.5 Å². The molecule has 0 spiro atoms. The van der Waals surface area contributed by atoms with Crippen molar-refractivity contribution in [2.75, 3.05) is 6.54 Å². The number of aryl methyl sites for hydroxylation is 3. The van der Waals surface area contributed by atoms with Gasteiger partial charge in [-0.25, -0.2) is 4.98 Å². The van der Waals surface area contributed by atoms with Crippen LogP contribution in [0.4, 0.5) is 0 Å². The normalized spacial score (nSPS) is 17.1. The van der Waals surface area contributed by atoms with E-state index in [1.54, 1.807) is 0 Å². The Kier molecular flexibility index (Phi) is 4.92. The Morgan fingerprint density at radius 2 is 1.82 bits per heavy atom. The summed E-state index contributed by atoms with van der Waals surface area (Å²) in [5, 5.41) is 0.954. The first-order chi connectivity index (χ1) is 13.4. The molecule has 3 aromatic rings. The van der Waals surface area contributed by atoms with Crippen molar-refractivity contribution in [3.8, 4) is 11.3 Å². The molecule has 2 aromatic carbocycles. The quantitative estimate of drug-likeness (QED) is 0.566. The van der Waals surface area contributed by atoms with Gasteiger partial charge in [0, 0.05) is 23.5 Å². The third-order valence-corrected chi connectivity index (χ3v) is 6.06. The lowest BCUT2D eigenvalue weighted by Crippen LogP contribution is -2.42. The van der Waals surface area contributed by atoms with Gasteiger partial charge in [0.1, 0.15) is 0 Å². The largest absolute Gasteiger partial charge is 0.336 e. The van der Waals surface area contributed by atoms with E-state index in [9.17, 15) is 4.79 Å². The molecule has 0 radical (unpaired) electrons. The van der Waals surface area contributed by atoms with Crippen LogP contribution in [0.5, 0.6) is 0 Å². The molecule has 1 fully saturated rings. The van der Waals surface area contributed by atoms with Gasteiger partial charge in [-0.2, -0.15) is 0 Å². The van der Waals surface area contributed by atoms with E-state index in [-0.39, 0.29) is 5.91 Å². The summed E-state index contributed by atoms with van der Waals surface area (Å²) in [6, 6.07) is 14.9. The van der Waals surface area contributed by atoms with Gasteiger partial charge in [-0.15, -0.1) is 0 Å². The van der Waals surface area contributed by atoms with Crippen LogP contribution in [0.1, 0.15) is 53.2 Å². The van der Waals surface area contributed by atoms with Crippen LogP contribution in [0.25, 0.3) is 22.2 Å². The fourth-order valence-corrected chi connectivity index (χ4v) is 4.12. The van der Waals surface area contributed by atoms with Crippen molar-refractivity contribution in [1.82, 2.24) is 9.88 Å². The summed E-state index contributed by atoms with van der Waals surface area (Å²) in [5.41, 5.74) is 7.23. The summed E-state index contributed by atoms with van der Waals surface area (Å²) in [5.74, 6) is 0.135. The summed E-state index contributed by atoms with van der Waals surface area (Å²) in [7, 11) is 0. The molecule has 3 heteroatoms. The number of fused-ring (bicyclic) bond motifs is 1. The monoisotopic (exact) mass is 372 g/mol. The molecule has 2 heterocycles. The molecule has 1 aliphatic rings. The SMILES string of the molecule is Cc1ccc2nc(-c3ccc(C)c(C)c3)cc(C(=O)N3CCCCC3C)c2c1. The minimum atomic E-state index is 0.135. The number of hydrogen-bond donors (Lipinski definition) is 0. The third-order valence-electron chi connectivity index (χ3n) is 6.06. The summed E-state index contributed by atoms with van der Waals surface area (Å²) in [4.78, 5) is 20.5. The first-order valence-electron chi connectivity index (χ1n) is 10.2. The zero-order chi connectivity index (χ0) is 19.8. The Morgan fingerprint density at radius 1 is 1.00 bits per heavy atom. The maximum Gasteiger partial charge on any atom is 0.254 e. The van der Waals surface area contributed by atoms with E-state index in [0.717, 1.165) is 52.7 Å². The Balaban J connectivity index is 1.88. The lowest BCUT2D eigenvalue weighted by atomic mass is 9.97.